The number of allylic oxidation sites excluding steroid dienone is 2. The Morgan fingerprint density at radius 3 is 2.67 bits per heavy atom. The van der Waals surface area contributed by atoms with Crippen molar-refractivity contribution in [3.05, 3.63) is 84.2 Å². The lowest BCUT2D eigenvalue weighted by Crippen LogP contribution is -2.46. The fraction of sp³-hybridized carbons (Fsp3) is 0.393. The lowest BCUT2D eigenvalue weighted by molar-refractivity contribution is 0.102. The number of pyridine rings is 1. The molecule has 2 aliphatic heterocycles. The summed E-state index contributed by atoms with van der Waals surface area (Å²) in [7, 11) is -1.80. The number of hydrogen-bond acceptors (Lipinski definition) is 9. The predicted octanol–water partition coefficient (Wildman–Crippen LogP) is 4.11. The van der Waals surface area contributed by atoms with E-state index >= 15 is 0 Å². The van der Waals surface area contributed by atoms with Crippen LogP contribution in [0.2, 0.25) is 0 Å². The Morgan fingerprint density at radius 1 is 1.23 bits per heavy atom. The van der Waals surface area contributed by atoms with Crippen molar-refractivity contribution in [3.63, 3.8) is 0 Å². The van der Waals surface area contributed by atoms with E-state index in [9.17, 15) is 8.42 Å². The van der Waals surface area contributed by atoms with Crippen LogP contribution in [-0.4, -0.2) is 65.2 Å². The molecule has 1 fully saturated rings. The van der Waals surface area contributed by atoms with Crippen molar-refractivity contribution in [1.29, 1.82) is 0 Å². The Morgan fingerprint density at radius 2 is 2.00 bits per heavy atom. The molecule has 0 aromatic carbocycles. The van der Waals surface area contributed by atoms with Gasteiger partial charge in [-0.1, -0.05) is 19.7 Å². The fourth-order valence-corrected chi connectivity index (χ4v) is 5.58. The van der Waals surface area contributed by atoms with E-state index in [1.807, 2.05) is 19.2 Å². The standard InChI is InChI=1S/C28H37N7O3S/c1-18(2)26(38-6)12-19(3)31-28-30-15-23-16-34(17-25(23)32-28)24-9-11-35(20(4)13-24)21(5)22-8-10-29-27(14-22)33-39(7,36)37/h8,10,12,14-15,20,24H,1,3,5,9,11,13,16-17H2,2,4,6-7H3,(H,29,33)(H,30,31,32)/b26-12+/t20-,24-/m1/s1. The van der Waals surface area contributed by atoms with E-state index in [1.54, 1.807) is 25.4 Å². The minimum absolute atomic E-state index is 0.265. The van der Waals surface area contributed by atoms with Gasteiger partial charge in [0.25, 0.3) is 0 Å². The minimum atomic E-state index is -3.40. The van der Waals surface area contributed by atoms with Gasteiger partial charge in [-0.05, 0) is 44.4 Å². The van der Waals surface area contributed by atoms with E-state index < -0.39 is 10.0 Å². The average Bonchev–Trinajstić information content (AvgIpc) is 3.29. The first-order chi connectivity index (χ1) is 18.4. The number of methoxy groups -OCH3 is 1. The van der Waals surface area contributed by atoms with Crippen LogP contribution in [0, 0.1) is 0 Å². The number of hydrogen-bond donors (Lipinski definition) is 2. The molecule has 2 aliphatic rings. The van der Waals surface area contributed by atoms with Crippen LogP contribution >= 0.6 is 0 Å². The van der Waals surface area contributed by atoms with E-state index in [0.29, 0.717) is 23.4 Å². The Kier molecular flexibility index (Phi) is 8.41. The van der Waals surface area contributed by atoms with Crippen molar-refractivity contribution in [1.82, 2.24) is 24.8 Å². The van der Waals surface area contributed by atoms with E-state index in [1.165, 1.54) is 0 Å². The molecule has 2 N–H and O–H groups in total. The third-order valence-corrected chi connectivity index (χ3v) is 7.57. The number of nitrogens with one attached hydrogen (secondary N) is 2. The maximum Gasteiger partial charge on any atom is 0.230 e. The molecule has 2 aromatic rings. The molecule has 208 valence electrons. The van der Waals surface area contributed by atoms with Gasteiger partial charge in [-0.15, -0.1) is 0 Å². The molecule has 11 heteroatoms. The van der Waals surface area contributed by atoms with Gasteiger partial charge in [0.05, 0.1) is 19.1 Å². The van der Waals surface area contributed by atoms with Crippen molar-refractivity contribution in [2.45, 2.75) is 51.9 Å². The zero-order valence-corrected chi connectivity index (χ0v) is 23.9. The van der Waals surface area contributed by atoms with Gasteiger partial charge in [0.1, 0.15) is 11.6 Å². The van der Waals surface area contributed by atoms with Crippen LogP contribution in [0.3, 0.4) is 0 Å². The van der Waals surface area contributed by atoms with Crippen molar-refractivity contribution in [2.75, 3.05) is 29.9 Å². The van der Waals surface area contributed by atoms with Crippen molar-refractivity contribution < 1.29 is 13.2 Å². The molecule has 0 aliphatic carbocycles. The summed E-state index contributed by atoms with van der Waals surface area (Å²) in [5.41, 5.74) is 5.32. The molecule has 4 heterocycles. The Hall–Kier alpha value is -3.70. The lowest BCUT2D eigenvalue weighted by Gasteiger charge is -2.43. The van der Waals surface area contributed by atoms with Crippen molar-refractivity contribution in [3.8, 4) is 0 Å². The molecule has 39 heavy (non-hydrogen) atoms. The molecular weight excluding hydrogens is 514 g/mol. The number of sulfonamides is 1. The van der Waals surface area contributed by atoms with E-state index in [0.717, 1.165) is 66.8 Å². The third-order valence-electron chi connectivity index (χ3n) is 6.99. The highest BCUT2D eigenvalue weighted by Crippen LogP contribution is 2.33. The number of piperidine rings is 1. The molecular formula is C28H37N7O3S. The van der Waals surface area contributed by atoms with E-state index in [-0.39, 0.29) is 11.9 Å². The average molecular weight is 552 g/mol. The number of anilines is 2. The van der Waals surface area contributed by atoms with Gasteiger partial charge in [-0.2, -0.15) is 0 Å². The van der Waals surface area contributed by atoms with Gasteiger partial charge < -0.3 is 15.0 Å². The monoisotopic (exact) mass is 551 g/mol. The number of aromatic nitrogens is 3. The summed E-state index contributed by atoms with van der Waals surface area (Å²) in [6, 6.07) is 4.26. The molecule has 0 saturated carbocycles. The second kappa shape index (κ2) is 11.6. The Bertz CT molecular complexity index is 1420. The van der Waals surface area contributed by atoms with Gasteiger partial charge in [0, 0.05) is 72.7 Å². The zero-order valence-electron chi connectivity index (χ0n) is 23.1. The summed E-state index contributed by atoms with van der Waals surface area (Å²) < 4.78 is 31.0. The second-order valence-corrected chi connectivity index (χ2v) is 11.9. The van der Waals surface area contributed by atoms with Gasteiger partial charge >= 0.3 is 0 Å². The first kappa shape index (κ1) is 28.3. The summed E-state index contributed by atoms with van der Waals surface area (Å²) in [5, 5.41) is 3.15. The highest BCUT2D eigenvalue weighted by Gasteiger charge is 2.33. The normalized spacial score (nSPS) is 19.8. The van der Waals surface area contributed by atoms with Crippen LogP contribution in [0.5, 0.6) is 0 Å². The van der Waals surface area contributed by atoms with Crippen molar-refractivity contribution >= 4 is 27.5 Å². The summed E-state index contributed by atoms with van der Waals surface area (Å²) in [6.45, 7) is 18.8. The molecule has 0 unspecified atom stereocenters. The summed E-state index contributed by atoms with van der Waals surface area (Å²) in [6.07, 6.45) is 8.34. The van der Waals surface area contributed by atoms with Crippen LogP contribution in [-0.2, 0) is 27.8 Å². The van der Waals surface area contributed by atoms with Crippen LogP contribution in [0.1, 0.15) is 43.5 Å². The summed E-state index contributed by atoms with van der Waals surface area (Å²) in [4.78, 5) is 18.1. The molecule has 0 spiro atoms. The first-order valence-electron chi connectivity index (χ1n) is 12.8. The lowest BCUT2D eigenvalue weighted by atomic mass is 9.95. The SMILES string of the molecule is C=C(/C=C(/OC)C(=C)C)Nc1ncc2c(n1)CN([C@@H]1CCN(C(=C)c3ccnc(NS(C)(=O)=O)c3)[C@H](C)C1)C2. The Labute approximate surface area is 231 Å². The first-order valence-corrected chi connectivity index (χ1v) is 14.7. The molecule has 0 bridgehead atoms. The molecule has 0 amide bonds. The number of nitrogens with zero attached hydrogens (tertiary/aromatic N) is 5. The second-order valence-electron chi connectivity index (χ2n) is 10.2. The molecule has 2 atom stereocenters. The van der Waals surface area contributed by atoms with Crippen LogP contribution in [0.15, 0.2) is 67.4 Å². The quantitative estimate of drug-likeness (QED) is 0.333. The number of likely N-dealkylation sites (tertiary alicyclic amines) is 1. The maximum absolute atomic E-state index is 11.6. The zero-order chi connectivity index (χ0) is 28.3. The van der Waals surface area contributed by atoms with Gasteiger partial charge in [-0.25, -0.2) is 23.4 Å². The summed E-state index contributed by atoms with van der Waals surface area (Å²) in [5.74, 6) is 1.45. The number of rotatable bonds is 10. The minimum Gasteiger partial charge on any atom is -0.496 e. The molecule has 0 radical (unpaired) electrons. The molecule has 4 rings (SSSR count). The topological polar surface area (TPSA) is 113 Å². The highest BCUT2D eigenvalue weighted by molar-refractivity contribution is 7.92. The van der Waals surface area contributed by atoms with Crippen molar-refractivity contribution in [2.24, 2.45) is 0 Å². The van der Waals surface area contributed by atoms with Crippen LogP contribution < -0.4 is 10.0 Å². The predicted molar refractivity (Wildman–Crippen MR) is 155 cm³/mol. The number of fused-ring (bicyclic) bond motifs is 1. The summed E-state index contributed by atoms with van der Waals surface area (Å²) >= 11 is 0. The number of ether oxygens (including phenoxy) is 1. The van der Waals surface area contributed by atoms with Crippen LogP contribution in [0.4, 0.5) is 11.8 Å². The molecule has 10 nitrogen and oxygen atoms in total. The van der Waals surface area contributed by atoms with Crippen LogP contribution in [0.25, 0.3) is 5.70 Å². The van der Waals surface area contributed by atoms with E-state index in [4.69, 9.17) is 9.72 Å². The van der Waals surface area contributed by atoms with Gasteiger partial charge in [0.2, 0.25) is 16.0 Å². The fourth-order valence-electron chi connectivity index (χ4n) is 5.09. The van der Waals surface area contributed by atoms with Gasteiger partial charge in [0.15, 0.2) is 0 Å². The maximum atomic E-state index is 11.6. The van der Waals surface area contributed by atoms with Gasteiger partial charge in [-0.3, -0.25) is 9.62 Å². The largest absolute Gasteiger partial charge is 0.496 e. The van der Waals surface area contributed by atoms with E-state index in [2.05, 4.69) is 56.5 Å². The molecule has 1 saturated heterocycles. The smallest absolute Gasteiger partial charge is 0.230 e. The Balaban J connectivity index is 1.36. The highest BCUT2D eigenvalue weighted by atomic mass is 32.2. The third kappa shape index (κ3) is 7.04. The molecule has 2 aromatic heterocycles.